The third kappa shape index (κ3) is 6.22. The summed E-state index contributed by atoms with van der Waals surface area (Å²) in [5.74, 6) is -0.279. The van der Waals surface area contributed by atoms with E-state index in [-0.39, 0.29) is 30.6 Å². The Labute approximate surface area is 144 Å². The fourth-order valence-electron chi connectivity index (χ4n) is 2.49. The minimum absolute atomic E-state index is 0.158. The first-order valence-electron chi connectivity index (χ1n) is 8.28. The Morgan fingerprint density at radius 3 is 2.21 bits per heavy atom. The van der Waals surface area contributed by atoms with Crippen LogP contribution < -0.4 is 0 Å². The van der Waals surface area contributed by atoms with Crippen molar-refractivity contribution in [3.05, 3.63) is 35.9 Å². The fourth-order valence-corrected chi connectivity index (χ4v) is 2.49. The molecule has 2 atom stereocenters. The van der Waals surface area contributed by atoms with Gasteiger partial charge in [-0.15, -0.1) is 0 Å². The molecule has 0 heterocycles. The van der Waals surface area contributed by atoms with Gasteiger partial charge in [-0.05, 0) is 46.6 Å². The Balaban J connectivity index is 2.97. The van der Waals surface area contributed by atoms with Crippen LogP contribution in [0.3, 0.4) is 0 Å². The van der Waals surface area contributed by atoms with Gasteiger partial charge in [-0.1, -0.05) is 30.3 Å². The fraction of sp³-hybridized carbons (Fsp3) is 0.579. The lowest BCUT2D eigenvalue weighted by Crippen LogP contribution is -2.43. The molecule has 0 aliphatic rings. The number of ether oxygens (including phenoxy) is 2. The summed E-state index contributed by atoms with van der Waals surface area (Å²) in [4.78, 5) is 25.8. The highest BCUT2D eigenvalue weighted by atomic mass is 16.6. The third-order valence-corrected chi connectivity index (χ3v) is 3.77. The maximum Gasteiger partial charge on any atom is 0.411 e. The number of carbonyl (C=O) groups is 2. The Morgan fingerprint density at radius 2 is 1.71 bits per heavy atom. The van der Waals surface area contributed by atoms with Gasteiger partial charge in [0.15, 0.2) is 0 Å². The van der Waals surface area contributed by atoms with Crippen molar-refractivity contribution >= 4 is 12.1 Å². The molecule has 2 unspecified atom stereocenters. The van der Waals surface area contributed by atoms with Crippen LogP contribution in [0.15, 0.2) is 30.3 Å². The second-order valence-electron chi connectivity index (χ2n) is 6.94. The first kappa shape index (κ1) is 20.0. The maximum absolute atomic E-state index is 12.7. The smallest absolute Gasteiger partial charge is 0.411 e. The van der Waals surface area contributed by atoms with Gasteiger partial charge in [0, 0.05) is 12.5 Å². The molecule has 0 bridgehead atoms. The van der Waals surface area contributed by atoms with Gasteiger partial charge in [0.05, 0.1) is 13.2 Å². The number of nitrogens with zero attached hydrogens (tertiary/aromatic N) is 1. The molecule has 5 heteroatoms. The van der Waals surface area contributed by atoms with E-state index in [1.54, 1.807) is 4.90 Å². The minimum atomic E-state index is -0.576. The number of hydrogen-bond acceptors (Lipinski definition) is 4. The van der Waals surface area contributed by atoms with E-state index in [1.807, 2.05) is 65.0 Å². The van der Waals surface area contributed by atoms with Gasteiger partial charge in [0.2, 0.25) is 0 Å². The van der Waals surface area contributed by atoms with E-state index in [9.17, 15) is 9.59 Å². The maximum atomic E-state index is 12.7. The van der Waals surface area contributed by atoms with Gasteiger partial charge in [0.25, 0.3) is 0 Å². The highest BCUT2D eigenvalue weighted by Crippen LogP contribution is 2.26. The number of hydrogen-bond donors (Lipinski definition) is 0. The summed E-state index contributed by atoms with van der Waals surface area (Å²) in [5.41, 5.74) is 0.446. The second kappa shape index (κ2) is 8.71. The quantitative estimate of drug-likeness (QED) is 0.726. The molecule has 5 nitrogen and oxygen atoms in total. The third-order valence-electron chi connectivity index (χ3n) is 3.77. The molecule has 0 aliphatic heterocycles. The van der Waals surface area contributed by atoms with Crippen molar-refractivity contribution < 1.29 is 19.1 Å². The average molecular weight is 335 g/mol. The standard InChI is InChI=1S/C19H29NO4/c1-14(12-13-17(21)23-6)20(18(22)24-19(3,4)5)15(2)16-10-8-7-9-11-16/h7-11,14-15H,12-13H2,1-6H3. The Bertz CT molecular complexity index is 536. The van der Waals surface area contributed by atoms with Crippen LogP contribution in [0.25, 0.3) is 0 Å². The van der Waals surface area contributed by atoms with Gasteiger partial charge in [-0.3, -0.25) is 9.69 Å². The molecule has 134 valence electrons. The molecule has 1 amide bonds. The van der Waals surface area contributed by atoms with Crippen LogP contribution >= 0.6 is 0 Å². The molecule has 0 radical (unpaired) electrons. The van der Waals surface area contributed by atoms with E-state index in [4.69, 9.17) is 9.47 Å². The van der Waals surface area contributed by atoms with Crippen molar-refractivity contribution in [3.63, 3.8) is 0 Å². The van der Waals surface area contributed by atoms with Crippen LogP contribution in [-0.4, -0.2) is 35.7 Å². The lowest BCUT2D eigenvalue weighted by atomic mass is 10.0. The number of amides is 1. The van der Waals surface area contributed by atoms with Crippen LogP contribution in [-0.2, 0) is 14.3 Å². The number of benzene rings is 1. The Hall–Kier alpha value is -2.04. The summed E-state index contributed by atoms with van der Waals surface area (Å²) >= 11 is 0. The van der Waals surface area contributed by atoms with Crippen molar-refractivity contribution in [2.45, 2.75) is 65.1 Å². The number of carbonyl (C=O) groups excluding carboxylic acids is 2. The molecule has 0 aliphatic carbocycles. The van der Waals surface area contributed by atoms with Crippen LogP contribution in [0, 0.1) is 0 Å². The van der Waals surface area contributed by atoms with Gasteiger partial charge in [0.1, 0.15) is 5.60 Å². The van der Waals surface area contributed by atoms with Crippen LogP contribution in [0.1, 0.15) is 59.1 Å². The lowest BCUT2D eigenvalue weighted by molar-refractivity contribution is -0.141. The predicted molar refractivity (Wildman–Crippen MR) is 93.6 cm³/mol. The zero-order valence-corrected chi connectivity index (χ0v) is 15.5. The first-order valence-corrected chi connectivity index (χ1v) is 8.28. The second-order valence-corrected chi connectivity index (χ2v) is 6.94. The predicted octanol–water partition coefficient (Wildman–Crippen LogP) is 4.33. The largest absolute Gasteiger partial charge is 0.469 e. The van der Waals surface area contributed by atoms with Gasteiger partial charge in [-0.2, -0.15) is 0 Å². The van der Waals surface area contributed by atoms with Gasteiger partial charge >= 0.3 is 12.1 Å². The van der Waals surface area contributed by atoms with Crippen molar-refractivity contribution in [1.82, 2.24) is 4.90 Å². The highest BCUT2D eigenvalue weighted by molar-refractivity contribution is 5.70. The summed E-state index contributed by atoms with van der Waals surface area (Å²) in [6.45, 7) is 9.42. The van der Waals surface area contributed by atoms with Crippen LogP contribution in [0.5, 0.6) is 0 Å². The first-order chi connectivity index (χ1) is 11.2. The van der Waals surface area contributed by atoms with E-state index in [0.717, 1.165) is 5.56 Å². The molecular formula is C19H29NO4. The zero-order valence-electron chi connectivity index (χ0n) is 15.5. The van der Waals surface area contributed by atoms with Crippen molar-refractivity contribution in [2.24, 2.45) is 0 Å². The molecular weight excluding hydrogens is 306 g/mol. The van der Waals surface area contributed by atoms with Crippen LogP contribution in [0.4, 0.5) is 4.79 Å². The molecule has 1 aromatic rings. The van der Waals surface area contributed by atoms with Crippen molar-refractivity contribution in [1.29, 1.82) is 0 Å². The van der Waals surface area contributed by atoms with E-state index in [2.05, 4.69) is 0 Å². The SMILES string of the molecule is COC(=O)CCC(C)N(C(=O)OC(C)(C)C)C(C)c1ccccc1. The molecule has 1 rings (SSSR count). The normalized spacial score (nSPS) is 13.8. The average Bonchev–Trinajstić information content (AvgIpc) is 2.51. The van der Waals surface area contributed by atoms with Gasteiger partial charge in [-0.25, -0.2) is 4.79 Å². The zero-order chi connectivity index (χ0) is 18.3. The van der Waals surface area contributed by atoms with Crippen molar-refractivity contribution in [3.8, 4) is 0 Å². The molecule has 0 saturated heterocycles. The lowest BCUT2D eigenvalue weighted by Gasteiger charge is -2.36. The monoisotopic (exact) mass is 335 g/mol. The Morgan fingerprint density at radius 1 is 1.12 bits per heavy atom. The summed E-state index contributed by atoms with van der Waals surface area (Å²) in [6, 6.07) is 9.47. The molecule has 0 saturated carbocycles. The molecule has 0 fully saturated rings. The van der Waals surface area contributed by atoms with Crippen LogP contribution in [0.2, 0.25) is 0 Å². The van der Waals surface area contributed by atoms with E-state index >= 15 is 0 Å². The molecule has 1 aromatic carbocycles. The van der Waals surface area contributed by atoms with Gasteiger partial charge < -0.3 is 9.47 Å². The number of methoxy groups -OCH3 is 1. The summed E-state index contributed by atoms with van der Waals surface area (Å²) in [6.07, 6.45) is 0.401. The number of rotatable bonds is 6. The van der Waals surface area contributed by atoms with E-state index in [1.165, 1.54) is 7.11 Å². The van der Waals surface area contributed by atoms with E-state index < -0.39 is 5.60 Å². The number of esters is 1. The topological polar surface area (TPSA) is 55.8 Å². The summed E-state index contributed by atoms with van der Waals surface area (Å²) in [7, 11) is 1.37. The molecule has 0 spiro atoms. The summed E-state index contributed by atoms with van der Waals surface area (Å²) in [5, 5.41) is 0. The highest BCUT2D eigenvalue weighted by Gasteiger charge is 2.30. The molecule has 0 N–H and O–H groups in total. The molecule has 0 aromatic heterocycles. The Kier molecular flexibility index (Phi) is 7.26. The van der Waals surface area contributed by atoms with Crippen molar-refractivity contribution in [2.75, 3.05) is 7.11 Å². The minimum Gasteiger partial charge on any atom is -0.469 e. The van der Waals surface area contributed by atoms with E-state index in [0.29, 0.717) is 6.42 Å². The molecule has 24 heavy (non-hydrogen) atoms. The summed E-state index contributed by atoms with van der Waals surface area (Å²) < 4.78 is 10.3.